The quantitative estimate of drug-likeness (QED) is 0.800. The number of nitrogens with zero attached hydrogens (tertiary/aromatic N) is 1. The van der Waals surface area contributed by atoms with E-state index in [9.17, 15) is 4.79 Å². The average molecular weight is 221 g/mol. The van der Waals surface area contributed by atoms with Crippen molar-refractivity contribution in [2.45, 2.75) is 12.8 Å². The Morgan fingerprint density at radius 3 is 2.94 bits per heavy atom. The van der Waals surface area contributed by atoms with Crippen LogP contribution in [0.2, 0.25) is 0 Å². The van der Waals surface area contributed by atoms with Gasteiger partial charge >= 0.3 is 5.97 Å². The summed E-state index contributed by atoms with van der Waals surface area (Å²) in [6.07, 6.45) is 1.68. The van der Waals surface area contributed by atoms with Crippen molar-refractivity contribution < 1.29 is 15.0 Å². The fraction of sp³-hybridized carbons (Fsp3) is 0.417. The first kappa shape index (κ1) is 11.0. The van der Waals surface area contributed by atoms with Gasteiger partial charge in [0, 0.05) is 25.4 Å². The zero-order chi connectivity index (χ0) is 11.5. The van der Waals surface area contributed by atoms with Gasteiger partial charge in [0.05, 0.1) is 5.56 Å². The number of aliphatic hydroxyl groups is 1. The minimum absolute atomic E-state index is 0.171. The maximum absolute atomic E-state index is 10.9. The number of aromatic carboxylic acids is 1. The van der Waals surface area contributed by atoms with Gasteiger partial charge in [-0.2, -0.15) is 0 Å². The second-order valence-corrected chi connectivity index (χ2v) is 3.96. The molecule has 1 aliphatic rings. The lowest BCUT2D eigenvalue weighted by atomic mass is 10.1. The van der Waals surface area contributed by atoms with Crippen LogP contribution >= 0.6 is 0 Å². The van der Waals surface area contributed by atoms with Crippen LogP contribution in [0.25, 0.3) is 0 Å². The minimum Gasteiger partial charge on any atom is -0.478 e. The van der Waals surface area contributed by atoms with Crippen molar-refractivity contribution in [3.05, 3.63) is 29.3 Å². The molecule has 1 heterocycles. The molecule has 0 aliphatic carbocycles. The standard InChI is InChI=1S/C12H15NO3/c14-7-1-5-13-6-4-9-2-3-10(12(15)16)8-11(9)13/h2-3,8,14H,1,4-7H2,(H,15,16). The lowest BCUT2D eigenvalue weighted by molar-refractivity contribution is 0.0697. The first-order valence-electron chi connectivity index (χ1n) is 5.44. The van der Waals surface area contributed by atoms with Crippen molar-refractivity contribution in [1.29, 1.82) is 0 Å². The predicted octanol–water partition coefficient (Wildman–Crippen LogP) is 1.13. The highest BCUT2D eigenvalue weighted by atomic mass is 16.4. The third-order valence-corrected chi connectivity index (χ3v) is 2.91. The Hall–Kier alpha value is -1.55. The van der Waals surface area contributed by atoms with Crippen molar-refractivity contribution in [2.75, 3.05) is 24.6 Å². The molecular formula is C12H15NO3. The van der Waals surface area contributed by atoms with E-state index in [1.54, 1.807) is 12.1 Å². The number of anilines is 1. The van der Waals surface area contributed by atoms with Gasteiger partial charge in [-0.25, -0.2) is 4.79 Å². The van der Waals surface area contributed by atoms with Crippen molar-refractivity contribution in [1.82, 2.24) is 0 Å². The highest BCUT2D eigenvalue weighted by molar-refractivity contribution is 5.89. The molecule has 1 aromatic rings. The van der Waals surface area contributed by atoms with E-state index in [1.165, 1.54) is 5.56 Å². The molecule has 86 valence electrons. The van der Waals surface area contributed by atoms with E-state index in [-0.39, 0.29) is 6.61 Å². The van der Waals surface area contributed by atoms with E-state index < -0.39 is 5.97 Å². The number of carboxylic acid groups (broad SMARTS) is 1. The molecule has 0 saturated carbocycles. The summed E-state index contributed by atoms with van der Waals surface area (Å²) in [7, 11) is 0. The second-order valence-electron chi connectivity index (χ2n) is 3.96. The minimum atomic E-state index is -0.892. The number of carboxylic acids is 1. The Kier molecular flexibility index (Phi) is 3.10. The van der Waals surface area contributed by atoms with Crippen LogP contribution in [0.4, 0.5) is 5.69 Å². The number of fused-ring (bicyclic) bond motifs is 1. The number of carbonyl (C=O) groups is 1. The van der Waals surface area contributed by atoms with Crippen molar-refractivity contribution in [3.8, 4) is 0 Å². The zero-order valence-corrected chi connectivity index (χ0v) is 9.02. The first-order valence-corrected chi connectivity index (χ1v) is 5.44. The van der Waals surface area contributed by atoms with E-state index >= 15 is 0 Å². The molecule has 0 spiro atoms. The van der Waals surface area contributed by atoms with Gasteiger partial charge in [-0.1, -0.05) is 6.07 Å². The van der Waals surface area contributed by atoms with Crippen LogP contribution < -0.4 is 4.90 Å². The average Bonchev–Trinajstić information content (AvgIpc) is 2.68. The van der Waals surface area contributed by atoms with E-state index in [1.807, 2.05) is 6.07 Å². The number of hydrogen-bond donors (Lipinski definition) is 2. The molecule has 0 aromatic heterocycles. The molecule has 2 rings (SSSR count). The van der Waals surface area contributed by atoms with Gasteiger partial charge in [0.15, 0.2) is 0 Å². The van der Waals surface area contributed by atoms with E-state index in [2.05, 4.69) is 4.90 Å². The van der Waals surface area contributed by atoms with Crippen molar-refractivity contribution in [2.24, 2.45) is 0 Å². The van der Waals surface area contributed by atoms with Crippen LogP contribution in [0.1, 0.15) is 22.3 Å². The third kappa shape index (κ3) is 2.02. The molecule has 1 aliphatic heterocycles. The van der Waals surface area contributed by atoms with Gasteiger partial charge in [0.25, 0.3) is 0 Å². The number of rotatable bonds is 4. The molecule has 4 heteroatoms. The van der Waals surface area contributed by atoms with Crippen LogP contribution in [0.5, 0.6) is 0 Å². The summed E-state index contributed by atoms with van der Waals surface area (Å²) in [4.78, 5) is 13.0. The number of aliphatic hydroxyl groups excluding tert-OH is 1. The summed E-state index contributed by atoms with van der Waals surface area (Å²) < 4.78 is 0. The van der Waals surface area contributed by atoms with Crippen LogP contribution in [-0.4, -0.2) is 35.9 Å². The largest absolute Gasteiger partial charge is 0.478 e. The molecule has 0 saturated heterocycles. The van der Waals surface area contributed by atoms with Gasteiger partial charge in [-0.3, -0.25) is 0 Å². The number of benzene rings is 1. The molecule has 0 amide bonds. The van der Waals surface area contributed by atoms with E-state index in [0.717, 1.165) is 31.6 Å². The van der Waals surface area contributed by atoms with Crippen molar-refractivity contribution >= 4 is 11.7 Å². The lowest BCUT2D eigenvalue weighted by Crippen LogP contribution is -2.22. The van der Waals surface area contributed by atoms with Gasteiger partial charge in [-0.15, -0.1) is 0 Å². The molecule has 0 atom stereocenters. The second kappa shape index (κ2) is 4.53. The van der Waals surface area contributed by atoms with Crippen LogP contribution in [-0.2, 0) is 6.42 Å². The van der Waals surface area contributed by atoms with Gasteiger partial charge < -0.3 is 15.1 Å². The maximum Gasteiger partial charge on any atom is 0.335 e. The molecule has 0 fully saturated rings. The Morgan fingerprint density at radius 2 is 2.25 bits per heavy atom. The molecule has 16 heavy (non-hydrogen) atoms. The predicted molar refractivity (Wildman–Crippen MR) is 61.0 cm³/mol. The molecule has 0 bridgehead atoms. The van der Waals surface area contributed by atoms with Crippen LogP contribution in [0.3, 0.4) is 0 Å². The molecule has 0 radical (unpaired) electrons. The van der Waals surface area contributed by atoms with Crippen molar-refractivity contribution in [3.63, 3.8) is 0 Å². The summed E-state index contributed by atoms with van der Waals surface area (Å²) in [6.45, 7) is 1.87. The Morgan fingerprint density at radius 1 is 1.44 bits per heavy atom. The molecule has 1 aromatic carbocycles. The fourth-order valence-electron chi connectivity index (χ4n) is 2.07. The highest BCUT2D eigenvalue weighted by Gasteiger charge is 2.19. The third-order valence-electron chi connectivity index (χ3n) is 2.91. The van der Waals surface area contributed by atoms with E-state index in [4.69, 9.17) is 10.2 Å². The van der Waals surface area contributed by atoms with Crippen LogP contribution in [0.15, 0.2) is 18.2 Å². The molecule has 4 nitrogen and oxygen atoms in total. The fourth-order valence-corrected chi connectivity index (χ4v) is 2.07. The van der Waals surface area contributed by atoms with Gasteiger partial charge in [0.2, 0.25) is 0 Å². The molecule has 2 N–H and O–H groups in total. The highest BCUT2D eigenvalue weighted by Crippen LogP contribution is 2.29. The number of hydrogen-bond acceptors (Lipinski definition) is 3. The molecular weight excluding hydrogens is 206 g/mol. The smallest absolute Gasteiger partial charge is 0.335 e. The molecule has 0 unspecified atom stereocenters. The Bertz CT molecular complexity index is 403. The summed E-state index contributed by atoms with van der Waals surface area (Å²) in [6, 6.07) is 5.26. The van der Waals surface area contributed by atoms with Crippen LogP contribution in [0, 0.1) is 0 Å². The summed E-state index contributed by atoms with van der Waals surface area (Å²) in [5.41, 5.74) is 2.53. The van der Waals surface area contributed by atoms with Gasteiger partial charge in [-0.05, 0) is 30.5 Å². The summed E-state index contributed by atoms with van der Waals surface area (Å²) in [5.74, 6) is -0.892. The monoisotopic (exact) mass is 221 g/mol. The normalized spacial score (nSPS) is 13.9. The lowest BCUT2D eigenvalue weighted by Gasteiger charge is -2.18. The first-order chi connectivity index (χ1) is 7.72. The van der Waals surface area contributed by atoms with E-state index in [0.29, 0.717) is 5.56 Å². The zero-order valence-electron chi connectivity index (χ0n) is 9.02. The topological polar surface area (TPSA) is 60.8 Å². The summed E-state index contributed by atoms with van der Waals surface area (Å²) in [5, 5.41) is 17.7. The maximum atomic E-state index is 10.9. The Balaban J connectivity index is 2.22. The van der Waals surface area contributed by atoms with Gasteiger partial charge in [0.1, 0.15) is 0 Å². The summed E-state index contributed by atoms with van der Waals surface area (Å²) >= 11 is 0. The Labute approximate surface area is 94.1 Å². The SMILES string of the molecule is O=C(O)c1ccc2c(c1)N(CCCO)CC2.